The lowest BCUT2D eigenvalue weighted by molar-refractivity contribution is -0.135. The van der Waals surface area contributed by atoms with Gasteiger partial charge in [0.15, 0.2) is 0 Å². The lowest BCUT2D eigenvalue weighted by atomic mass is 9.87. The van der Waals surface area contributed by atoms with Gasteiger partial charge in [-0.15, -0.1) is 0 Å². The van der Waals surface area contributed by atoms with Crippen molar-refractivity contribution in [1.29, 1.82) is 0 Å². The molecule has 1 aliphatic heterocycles. The van der Waals surface area contributed by atoms with Crippen molar-refractivity contribution in [2.45, 2.75) is 25.3 Å². The highest BCUT2D eigenvalue weighted by Gasteiger charge is 2.51. The number of imide groups is 1. The van der Waals surface area contributed by atoms with Gasteiger partial charge in [0.25, 0.3) is 5.91 Å². The fraction of sp³-hybridized carbons (Fsp3) is 0.286. The number of urea groups is 1. The molecule has 146 valence electrons. The van der Waals surface area contributed by atoms with E-state index in [-0.39, 0.29) is 13.0 Å². The zero-order valence-corrected chi connectivity index (χ0v) is 15.6. The highest BCUT2D eigenvalue weighted by molar-refractivity contribution is 6.09. The Morgan fingerprint density at radius 1 is 1.11 bits per heavy atom. The number of nitrogens with zero attached hydrogens (tertiary/aromatic N) is 1. The summed E-state index contributed by atoms with van der Waals surface area (Å²) in [4.78, 5) is 38.5. The molecule has 1 heterocycles. The molecule has 2 N–H and O–H groups in total. The third-order valence-corrected chi connectivity index (χ3v) is 4.92. The first-order chi connectivity index (χ1) is 13.5. The third-order valence-electron chi connectivity index (χ3n) is 4.92. The van der Waals surface area contributed by atoms with E-state index in [9.17, 15) is 18.8 Å². The van der Waals surface area contributed by atoms with Crippen molar-refractivity contribution in [2.24, 2.45) is 0 Å². The van der Waals surface area contributed by atoms with E-state index in [1.54, 1.807) is 6.92 Å². The van der Waals surface area contributed by atoms with Gasteiger partial charge in [0, 0.05) is 6.54 Å². The minimum absolute atomic E-state index is 0.287. The van der Waals surface area contributed by atoms with Crippen LogP contribution in [0.15, 0.2) is 54.6 Å². The molecule has 0 aromatic heterocycles. The van der Waals surface area contributed by atoms with Crippen molar-refractivity contribution in [1.82, 2.24) is 15.5 Å². The van der Waals surface area contributed by atoms with Crippen LogP contribution in [0.5, 0.6) is 0 Å². The highest BCUT2D eigenvalue weighted by Crippen LogP contribution is 2.32. The van der Waals surface area contributed by atoms with Crippen molar-refractivity contribution in [3.63, 3.8) is 0 Å². The number of carbonyl (C=O) groups excluding carboxylic acids is 3. The van der Waals surface area contributed by atoms with E-state index in [0.717, 1.165) is 10.5 Å². The summed E-state index contributed by atoms with van der Waals surface area (Å²) < 4.78 is 13.2. The first-order valence-corrected chi connectivity index (χ1v) is 9.17. The molecule has 0 unspecified atom stereocenters. The molecule has 3 rings (SSSR count). The number of carbonyl (C=O) groups is 3. The molecule has 0 aliphatic carbocycles. The SMILES string of the molecule is CC[C@]1(c2ccc(F)cc2)NC(=O)N(CC(=O)NCCc2ccccc2)C1=O. The standard InChI is InChI=1S/C21H22FN3O3/c1-2-21(16-8-10-17(22)11-9-16)19(27)25(20(28)24-21)14-18(26)23-13-12-15-6-4-3-5-7-15/h3-11H,2,12-14H2,1H3,(H,23,26)(H,24,28)/t21-/m1/s1. The molecular formula is C21H22FN3O3. The second-order valence-electron chi connectivity index (χ2n) is 6.67. The molecule has 1 aliphatic rings. The zero-order chi connectivity index (χ0) is 20.1. The average Bonchev–Trinajstić information content (AvgIpc) is 2.94. The normalized spacial score (nSPS) is 18.9. The lowest BCUT2D eigenvalue weighted by Crippen LogP contribution is -2.45. The molecule has 28 heavy (non-hydrogen) atoms. The van der Waals surface area contributed by atoms with Gasteiger partial charge in [-0.1, -0.05) is 49.4 Å². The van der Waals surface area contributed by atoms with E-state index >= 15 is 0 Å². The van der Waals surface area contributed by atoms with Crippen LogP contribution in [0, 0.1) is 5.82 Å². The first kappa shape index (κ1) is 19.5. The number of nitrogens with one attached hydrogen (secondary N) is 2. The smallest absolute Gasteiger partial charge is 0.325 e. The van der Waals surface area contributed by atoms with E-state index in [2.05, 4.69) is 10.6 Å². The third kappa shape index (κ3) is 3.88. The monoisotopic (exact) mass is 383 g/mol. The van der Waals surface area contributed by atoms with Crippen LogP contribution in [-0.4, -0.2) is 35.8 Å². The number of halogens is 1. The molecule has 7 heteroatoms. The van der Waals surface area contributed by atoms with Gasteiger partial charge in [-0.3, -0.25) is 14.5 Å². The highest BCUT2D eigenvalue weighted by atomic mass is 19.1. The molecule has 4 amide bonds. The summed E-state index contributed by atoms with van der Waals surface area (Å²) in [5, 5.41) is 5.40. The Balaban J connectivity index is 1.64. The van der Waals surface area contributed by atoms with Gasteiger partial charge >= 0.3 is 6.03 Å². The van der Waals surface area contributed by atoms with Gasteiger partial charge < -0.3 is 10.6 Å². The van der Waals surface area contributed by atoms with Crippen LogP contribution in [0.2, 0.25) is 0 Å². The summed E-state index contributed by atoms with van der Waals surface area (Å²) >= 11 is 0. The second-order valence-corrected chi connectivity index (χ2v) is 6.67. The van der Waals surface area contributed by atoms with Crippen molar-refractivity contribution >= 4 is 17.8 Å². The van der Waals surface area contributed by atoms with Gasteiger partial charge in [-0.05, 0) is 36.1 Å². The molecular weight excluding hydrogens is 361 g/mol. The summed E-state index contributed by atoms with van der Waals surface area (Å²) in [6.45, 7) is 1.80. The van der Waals surface area contributed by atoms with Gasteiger partial charge in [-0.25, -0.2) is 9.18 Å². The molecule has 2 aromatic carbocycles. The topological polar surface area (TPSA) is 78.5 Å². The van der Waals surface area contributed by atoms with Crippen LogP contribution in [0.25, 0.3) is 0 Å². The number of rotatable bonds is 7. The average molecular weight is 383 g/mol. The number of hydrogen-bond acceptors (Lipinski definition) is 3. The van der Waals surface area contributed by atoms with E-state index in [1.807, 2.05) is 30.3 Å². The predicted octanol–water partition coefficient (Wildman–Crippen LogP) is 2.34. The molecule has 0 radical (unpaired) electrons. The fourth-order valence-electron chi connectivity index (χ4n) is 3.33. The molecule has 1 atom stereocenters. The van der Waals surface area contributed by atoms with E-state index in [4.69, 9.17) is 0 Å². The van der Waals surface area contributed by atoms with Gasteiger partial charge in [0.05, 0.1) is 0 Å². The maximum atomic E-state index is 13.2. The van der Waals surface area contributed by atoms with Gasteiger partial charge in [-0.2, -0.15) is 0 Å². The summed E-state index contributed by atoms with van der Waals surface area (Å²) in [7, 11) is 0. The first-order valence-electron chi connectivity index (χ1n) is 9.17. The molecule has 6 nitrogen and oxygen atoms in total. The molecule has 0 saturated carbocycles. The number of hydrogen-bond donors (Lipinski definition) is 2. The maximum absolute atomic E-state index is 13.2. The number of benzene rings is 2. The van der Waals surface area contributed by atoms with Crippen LogP contribution < -0.4 is 10.6 Å². The van der Waals surface area contributed by atoms with Crippen LogP contribution in [-0.2, 0) is 21.5 Å². The summed E-state index contributed by atoms with van der Waals surface area (Å²) in [6.07, 6.45) is 0.941. The lowest BCUT2D eigenvalue weighted by Gasteiger charge is -2.25. The Morgan fingerprint density at radius 3 is 2.43 bits per heavy atom. The minimum Gasteiger partial charge on any atom is -0.354 e. The van der Waals surface area contributed by atoms with Gasteiger partial charge in [0.2, 0.25) is 5.91 Å². The van der Waals surface area contributed by atoms with Crippen LogP contribution in [0.3, 0.4) is 0 Å². The van der Waals surface area contributed by atoms with E-state index < -0.39 is 29.2 Å². The Labute approximate surface area is 162 Å². The van der Waals surface area contributed by atoms with Crippen molar-refractivity contribution in [3.05, 3.63) is 71.5 Å². The predicted molar refractivity (Wildman–Crippen MR) is 102 cm³/mol. The maximum Gasteiger partial charge on any atom is 0.325 e. The van der Waals surface area contributed by atoms with Crippen molar-refractivity contribution in [3.8, 4) is 0 Å². The summed E-state index contributed by atoms with van der Waals surface area (Å²) in [5.41, 5.74) is 0.288. The largest absolute Gasteiger partial charge is 0.354 e. The quantitative estimate of drug-likeness (QED) is 0.721. The fourth-order valence-corrected chi connectivity index (χ4v) is 3.33. The number of amides is 4. The van der Waals surface area contributed by atoms with Crippen LogP contribution in [0.4, 0.5) is 9.18 Å². The van der Waals surface area contributed by atoms with Crippen LogP contribution >= 0.6 is 0 Å². The van der Waals surface area contributed by atoms with Crippen LogP contribution in [0.1, 0.15) is 24.5 Å². The van der Waals surface area contributed by atoms with Crippen molar-refractivity contribution < 1.29 is 18.8 Å². The van der Waals surface area contributed by atoms with E-state index in [1.165, 1.54) is 24.3 Å². The minimum atomic E-state index is -1.28. The molecule has 2 aromatic rings. The Morgan fingerprint density at radius 2 is 1.79 bits per heavy atom. The Bertz CT molecular complexity index is 870. The molecule has 0 bridgehead atoms. The molecule has 1 fully saturated rings. The summed E-state index contributed by atoms with van der Waals surface area (Å²) in [5.74, 6) is -1.35. The Kier molecular flexibility index (Phi) is 5.73. The molecule has 0 spiro atoms. The Hall–Kier alpha value is -3.22. The van der Waals surface area contributed by atoms with Gasteiger partial charge in [0.1, 0.15) is 17.9 Å². The van der Waals surface area contributed by atoms with E-state index in [0.29, 0.717) is 18.5 Å². The second kappa shape index (κ2) is 8.21. The molecule has 1 saturated heterocycles. The van der Waals surface area contributed by atoms with Crippen molar-refractivity contribution in [2.75, 3.05) is 13.1 Å². The summed E-state index contributed by atoms with van der Waals surface area (Å²) in [6, 6.07) is 14.5. The zero-order valence-electron chi connectivity index (χ0n) is 15.6.